The van der Waals surface area contributed by atoms with E-state index >= 15 is 0 Å². The maximum Gasteiger partial charge on any atom is 0.249 e. The zero-order valence-electron chi connectivity index (χ0n) is 13.0. The van der Waals surface area contributed by atoms with Crippen LogP contribution in [0.25, 0.3) is 0 Å². The summed E-state index contributed by atoms with van der Waals surface area (Å²) < 4.78 is 0. The van der Waals surface area contributed by atoms with Gasteiger partial charge in [0.15, 0.2) is 5.78 Å². The number of piperidine rings is 1. The lowest BCUT2D eigenvalue weighted by Gasteiger charge is -2.36. The standard InChI is InChI=1S/C17H23ClN2O2/c1-2-6-17(7-3-8-20-11-17)15(21)12-4-5-13(10-18)14(9-12)16(19)22/h4-5,9,20H,2-3,6-8,10-11H2,1H3,(H2,19,22). The van der Waals surface area contributed by atoms with Crippen LogP contribution in [0.2, 0.25) is 0 Å². The number of rotatable bonds is 6. The van der Waals surface area contributed by atoms with Crippen LogP contribution in [0.5, 0.6) is 0 Å². The number of hydrogen-bond acceptors (Lipinski definition) is 3. The first-order valence-electron chi connectivity index (χ1n) is 7.78. The fourth-order valence-corrected chi connectivity index (χ4v) is 3.57. The van der Waals surface area contributed by atoms with Crippen LogP contribution >= 0.6 is 11.6 Å². The summed E-state index contributed by atoms with van der Waals surface area (Å²) in [4.78, 5) is 24.6. The number of amides is 1. The fraction of sp³-hybridized carbons (Fsp3) is 0.529. The molecule has 1 heterocycles. The van der Waals surface area contributed by atoms with Crippen LogP contribution in [0.15, 0.2) is 18.2 Å². The van der Waals surface area contributed by atoms with E-state index in [0.717, 1.165) is 32.2 Å². The van der Waals surface area contributed by atoms with Gasteiger partial charge in [-0.25, -0.2) is 0 Å². The van der Waals surface area contributed by atoms with Crippen molar-refractivity contribution < 1.29 is 9.59 Å². The first kappa shape index (κ1) is 17.0. The third kappa shape index (κ3) is 3.33. The number of alkyl halides is 1. The smallest absolute Gasteiger partial charge is 0.249 e. The molecule has 1 atom stereocenters. The number of ketones is 1. The summed E-state index contributed by atoms with van der Waals surface area (Å²) in [5, 5.41) is 3.34. The molecule has 0 aliphatic carbocycles. The van der Waals surface area contributed by atoms with Crippen molar-refractivity contribution in [3.63, 3.8) is 0 Å². The maximum absolute atomic E-state index is 13.1. The van der Waals surface area contributed by atoms with Crippen molar-refractivity contribution in [2.45, 2.75) is 38.5 Å². The molecule has 1 saturated heterocycles. The van der Waals surface area contributed by atoms with Gasteiger partial charge >= 0.3 is 0 Å². The van der Waals surface area contributed by atoms with Gasteiger partial charge in [0.2, 0.25) is 5.91 Å². The Balaban J connectivity index is 2.38. The molecule has 0 radical (unpaired) electrons. The Labute approximate surface area is 136 Å². The average molecular weight is 323 g/mol. The van der Waals surface area contributed by atoms with E-state index in [2.05, 4.69) is 12.2 Å². The van der Waals surface area contributed by atoms with E-state index in [1.807, 2.05) is 0 Å². The lowest BCUT2D eigenvalue weighted by molar-refractivity contribution is 0.0718. The molecule has 0 aromatic heterocycles. The summed E-state index contributed by atoms with van der Waals surface area (Å²) in [6.07, 6.45) is 3.68. The predicted octanol–water partition coefficient (Wildman–Crippen LogP) is 2.88. The van der Waals surface area contributed by atoms with Crippen molar-refractivity contribution in [2.75, 3.05) is 13.1 Å². The van der Waals surface area contributed by atoms with Gasteiger partial charge in [-0.05, 0) is 37.4 Å². The highest BCUT2D eigenvalue weighted by Crippen LogP contribution is 2.35. The van der Waals surface area contributed by atoms with Gasteiger partial charge in [-0.3, -0.25) is 9.59 Å². The van der Waals surface area contributed by atoms with Gasteiger partial charge in [0, 0.05) is 29.0 Å². The highest BCUT2D eigenvalue weighted by Gasteiger charge is 2.39. The fourth-order valence-electron chi connectivity index (χ4n) is 3.34. The summed E-state index contributed by atoms with van der Waals surface area (Å²) >= 11 is 5.83. The second kappa shape index (κ2) is 7.25. The maximum atomic E-state index is 13.1. The van der Waals surface area contributed by atoms with Crippen LogP contribution in [0.1, 0.15) is 58.9 Å². The normalized spacial score (nSPS) is 21.5. The highest BCUT2D eigenvalue weighted by atomic mass is 35.5. The van der Waals surface area contributed by atoms with Crippen molar-refractivity contribution >= 4 is 23.3 Å². The topological polar surface area (TPSA) is 72.2 Å². The van der Waals surface area contributed by atoms with Crippen LogP contribution in [0.4, 0.5) is 0 Å². The van der Waals surface area contributed by atoms with Gasteiger partial charge in [0.05, 0.1) is 0 Å². The minimum atomic E-state index is -0.545. The molecule has 0 bridgehead atoms. The Morgan fingerprint density at radius 2 is 2.18 bits per heavy atom. The zero-order chi connectivity index (χ0) is 16.2. The number of hydrogen-bond donors (Lipinski definition) is 2. The van der Waals surface area contributed by atoms with Crippen molar-refractivity contribution in [1.29, 1.82) is 0 Å². The minimum absolute atomic E-state index is 0.102. The van der Waals surface area contributed by atoms with Crippen LogP contribution in [0.3, 0.4) is 0 Å². The van der Waals surface area contributed by atoms with E-state index in [4.69, 9.17) is 17.3 Å². The third-order valence-corrected chi connectivity index (χ3v) is 4.75. The Morgan fingerprint density at radius 1 is 1.41 bits per heavy atom. The molecule has 1 aliphatic heterocycles. The van der Waals surface area contributed by atoms with Crippen molar-refractivity contribution in [1.82, 2.24) is 5.32 Å². The molecule has 120 valence electrons. The van der Waals surface area contributed by atoms with Crippen LogP contribution in [0, 0.1) is 5.41 Å². The molecule has 0 spiro atoms. The lowest BCUT2D eigenvalue weighted by Crippen LogP contribution is -2.45. The Bertz CT molecular complexity index is 560. The van der Waals surface area contributed by atoms with Gasteiger partial charge < -0.3 is 11.1 Å². The number of Topliss-reactive ketones (excluding diaryl/α,β-unsaturated/α-hetero) is 1. The Morgan fingerprint density at radius 3 is 2.73 bits per heavy atom. The number of halogens is 1. The van der Waals surface area contributed by atoms with E-state index < -0.39 is 5.91 Å². The molecule has 1 fully saturated rings. The molecule has 5 heteroatoms. The zero-order valence-corrected chi connectivity index (χ0v) is 13.7. The number of carbonyl (C=O) groups excluding carboxylic acids is 2. The van der Waals surface area contributed by atoms with Crippen LogP contribution < -0.4 is 11.1 Å². The van der Waals surface area contributed by atoms with Crippen LogP contribution in [-0.2, 0) is 5.88 Å². The van der Waals surface area contributed by atoms with E-state index in [0.29, 0.717) is 23.2 Å². The number of carbonyl (C=O) groups is 2. The molecule has 1 amide bonds. The monoisotopic (exact) mass is 322 g/mol. The van der Waals surface area contributed by atoms with Crippen molar-refractivity contribution in [2.24, 2.45) is 11.1 Å². The SMILES string of the molecule is CCCC1(C(=O)c2ccc(CCl)c(C(N)=O)c2)CCCNC1. The summed E-state index contributed by atoms with van der Waals surface area (Å²) in [6, 6.07) is 5.10. The second-order valence-corrected chi connectivity index (χ2v) is 6.28. The number of benzene rings is 1. The molecule has 0 saturated carbocycles. The molecular weight excluding hydrogens is 300 g/mol. The summed E-state index contributed by atoms with van der Waals surface area (Å²) in [5.74, 6) is -0.240. The number of primary amides is 1. The second-order valence-electron chi connectivity index (χ2n) is 6.01. The molecule has 4 nitrogen and oxygen atoms in total. The van der Waals surface area contributed by atoms with Gasteiger partial charge in [-0.2, -0.15) is 0 Å². The average Bonchev–Trinajstić information content (AvgIpc) is 2.54. The number of nitrogens with two attached hydrogens (primary N) is 1. The summed E-state index contributed by atoms with van der Waals surface area (Å²) in [7, 11) is 0. The largest absolute Gasteiger partial charge is 0.366 e. The molecular formula is C17H23ClN2O2. The van der Waals surface area contributed by atoms with Crippen molar-refractivity contribution in [3.8, 4) is 0 Å². The lowest BCUT2D eigenvalue weighted by atomic mass is 9.71. The predicted molar refractivity (Wildman–Crippen MR) is 88.3 cm³/mol. The first-order valence-corrected chi connectivity index (χ1v) is 8.32. The molecule has 1 aromatic rings. The first-order chi connectivity index (χ1) is 10.5. The molecule has 1 unspecified atom stereocenters. The molecule has 22 heavy (non-hydrogen) atoms. The van der Waals surface area contributed by atoms with Gasteiger partial charge in [-0.1, -0.05) is 25.5 Å². The van der Waals surface area contributed by atoms with Gasteiger partial charge in [0.25, 0.3) is 0 Å². The van der Waals surface area contributed by atoms with Gasteiger partial charge in [0.1, 0.15) is 0 Å². The van der Waals surface area contributed by atoms with Crippen molar-refractivity contribution in [3.05, 3.63) is 34.9 Å². The van der Waals surface area contributed by atoms with E-state index in [1.165, 1.54) is 0 Å². The Kier molecular flexibility index (Phi) is 5.59. The summed E-state index contributed by atoms with van der Waals surface area (Å²) in [6.45, 7) is 3.74. The van der Waals surface area contributed by atoms with E-state index in [-0.39, 0.29) is 17.1 Å². The summed E-state index contributed by atoms with van der Waals surface area (Å²) in [5.41, 5.74) is 6.60. The molecule has 1 aromatic carbocycles. The molecule has 3 N–H and O–H groups in total. The van der Waals surface area contributed by atoms with Gasteiger partial charge in [-0.15, -0.1) is 11.6 Å². The van der Waals surface area contributed by atoms with E-state index in [9.17, 15) is 9.59 Å². The molecule has 1 aliphatic rings. The minimum Gasteiger partial charge on any atom is -0.366 e. The van der Waals surface area contributed by atoms with Crippen LogP contribution in [-0.4, -0.2) is 24.8 Å². The third-order valence-electron chi connectivity index (χ3n) is 4.46. The van der Waals surface area contributed by atoms with E-state index in [1.54, 1.807) is 18.2 Å². The molecule has 2 rings (SSSR count). The Hall–Kier alpha value is -1.39. The number of nitrogens with one attached hydrogen (secondary N) is 1. The highest BCUT2D eigenvalue weighted by molar-refractivity contribution is 6.18. The quantitative estimate of drug-likeness (QED) is 0.625.